The zero-order valence-electron chi connectivity index (χ0n) is 12.4. The number of rotatable bonds is 4. The lowest BCUT2D eigenvalue weighted by Crippen LogP contribution is -2.00. The number of nitrogens with one attached hydrogen (secondary N) is 1. The van der Waals surface area contributed by atoms with Crippen molar-refractivity contribution in [2.75, 3.05) is 12.4 Å². The zero-order valence-corrected chi connectivity index (χ0v) is 13.6. The maximum atomic E-state index is 5.95. The molecule has 0 saturated carbocycles. The van der Waals surface area contributed by atoms with Crippen molar-refractivity contribution in [1.29, 1.82) is 0 Å². The fraction of sp³-hybridized carbons (Fsp3) is 0.0526. The topological polar surface area (TPSA) is 21.3 Å². The summed E-state index contributed by atoms with van der Waals surface area (Å²) in [4.78, 5) is 0. The van der Waals surface area contributed by atoms with Gasteiger partial charge in [-0.3, -0.25) is 0 Å². The van der Waals surface area contributed by atoms with Crippen molar-refractivity contribution < 1.29 is 4.74 Å². The van der Waals surface area contributed by atoms with E-state index < -0.39 is 0 Å². The van der Waals surface area contributed by atoms with Crippen LogP contribution in [0.1, 0.15) is 0 Å². The fourth-order valence-corrected chi connectivity index (χ4v) is 2.60. The van der Waals surface area contributed by atoms with Gasteiger partial charge >= 0.3 is 0 Å². The van der Waals surface area contributed by atoms with Crippen molar-refractivity contribution in [2.24, 2.45) is 0 Å². The largest absolute Gasteiger partial charge is 0.457 e. The molecule has 3 heteroatoms. The average molecular weight is 307 g/mol. The van der Waals surface area contributed by atoms with E-state index in [1.807, 2.05) is 55.6 Å². The highest BCUT2D eigenvalue weighted by molar-refractivity contribution is 7.27. The number of hydrogen-bond acceptors (Lipinski definition) is 2. The molecule has 0 spiro atoms. The standard InChI is InChI=1S/C19H18NOP/c1-20-16-9-12-18(19(22)13-16)21-17-10-7-15(8-11-17)14-5-3-2-4-6-14/h2-13,20H,22H2,1H3. The first-order valence-electron chi connectivity index (χ1n) is 7.17. The van der Waals surface area contributed by atoms with E-state index in [4.69, 9.17) is 4.74 Å². The fourth-order valence-electron chi connectivity index (χ4n) is 2.27. The average Bonchev–Trinajstić information content (AvgIpc) is 2.58. The van der Waals surface area contributed by atoms with Gasteiger partial charge in [0.25, 0.3) is 0 Å². The van der Waals surface area contributed by atoms with Gasteiger partial charge < -0.3 is 10.1 Å². The van der Waals surface area contributed by atoms with E-state index in [-0.39, 0.29) is 0 Å². The molecular formula is C19H18NOP. The van der Waals surface area contributed by atoms with Gasteiger partial charge in [-0.05, 0) is 41.5 Å². The highest BCUT2D eigenvalue weighted by atomic mass is 31.0. The molecule has 0 aromatic heterocycles. The normalized spacial score (nSPS) is 10.3. The van der Waals surface area contributed by atoms with Gasteiger partial charge in [-0.25, -0.2) is 0 Å². The summed E-state index contributed by atoms with van der Waals surface area (Å²) in [6.45, 7) is 0. The number of benzene rings is 3. The molecule has 0 heterocycles. The van der Waals surface area contributed by atoms with Crippen LogP contribution >= 0.6 is 9.24 Å². The minimum atomic E-state index is 0.834. The Hall–Kier alpha value is -2.31. The number of hydrogen-bond donors (Lipinski definition) is 1. The Bertz CT molecular complexity index is 754. The summed E-state index contributed by atoms with van der Waals surface area (Å²) in [7, 11) is 4.61. The van der Waals surface area contributed by atoms with E-state index in [2.05, 4.69) is 38.8 Å². The third-order valence-corrected chi connectivity index (χ3v) is 3.94. The maximum Gasteiger partial charge on any atom is 0.134 e. The second kappa shape index (κ2) is 6.64. The molecule has 3 aromatic carbocycles. The van der Waals surface area contributed by atoms with Gasteiger partial charge in [0.1, 0.15) is 11.5 Å². The number of ether oxygens (including phenoxy) is 1. The van der Waals surface area contributed by atoms with Crippen molar-refractivity contribution >= 4 is 20.2 Å². The Morgan fingerprint density at radius 1 is 0.818 bits per heavy atom. The van der Waals surface area contributed by atoms with E-state index in [9.17, 15) is 0 Å². The molecule has 2 nitrogen and oxygen atoms in total. The molecule has 0 saturated heterocycles. The summed E-state index contributed by atoms with van der Waals surface area (Å²) >= 11 is 0. The Morgan fingerprint density at radius 2 is 1.50 bits per heavy atom. The second-order valence-electron chi connectivity index (χ2n) is 5.00. The molecule has 0 amide bonds. The molecule has 1 atom stereocenters. The van der Waals surface area contributed by atoms with Crippen LogP contribution in [0, 0.1) is 0 Å². The minimum Gasteiger partial charge on any atom is -0.457 e. The second-order valence-corrected chi connectivity index (χ2v) is 5.62. The van der Waals surface area contributed by atoms with Crippen LogP contribution in [0.2, 0.25) is 0 Å². The van der Waals surface area contributed by atoms with Crippen molar-refractivity contribution in [2.45, 2.75) is 0 Å². The molecule has 0 bridgehead atoms. The van der Waals surface area contributed by atoms with Crippen molar-refractivity contribution in [3.05, 3.63) is 72.8 Å². The predicted octanol–water partition coefficient (Wildman–Crippen LogP) is 4.69. The Morgan fingerprint density at radius 3 is 2.14 bits per heavy atom. The summed E-state index contributed by atoms with van der Waals surface area (Å²) < 4.78 is 5.95. The molecule has 110 valence electrons. The van der Waals surface area contributed by atoms with Gasteiger partial charge in [-0.2, -0.15) is 0 Å². The Kier molecular flexibility index (Phi) is 4.41. The molecule has 1 N–H and O–H groups in total. The molecule has 0 aliphatic heterocycles. The highest BCUT2D eigenvalue weighted by Gasteiger charge is 2.03. The Labute approximate surface area is 133 Å². The Balaban J connectivity index is 1.79. The van der Waals surface area contributed by atoms with Crippen LogP contribution in [0.5, 0.6) is 11.5 Å². The number of anilines is 1. The van der Waals surface area contributed by atoms with Crippen LogP contribution < -0.4 is 15.4 Å². The molecule has 22 heavy (non-hydrogen) atoms. The molecule has 3 aromatic rings. The van der Waals surface area contributed by atoms with Crippen LogP contribution in [-0.4, -0.2) is 7.05 Å². The maximum absolute atomic E-state index is 5.95. The van der Waals surface area contributed by atoms with E-state index in [0.29, 0.717) is 0 Å². The van der Waals surface area contributed by atoms with Gasteiger partial charge in [0.05, 0.1) is 0 Å². The zero-order chi connectivity index (χ0) is 15.4. The quantitative estimate of drug-likeness (QED) is 0.706. The van der Waals surface area contributed by atoms with Gasteiger partial charge in [-0.15, -0.1) is 9.24 Å². The van der Waals surface area contributed by atoms with Crippen molar-refractivity contribution in [3.8, 4) is 22.6 Å². The molecule has 3 rings (SSSR count). The van der Waals surface area contributed by atoms with Crippen LogP contribution in [0.25, 0.3) is 11.1 Å². The van der Waals surface area contributed by atoms with Gasteiger partial charge in [0.15, 0.2) is 0 Å². The molecule has 0 fully saturated rings. The van der Waals surface area contributed by atoms with Crippen molar-refractivity contribution in [3.63, 3.8) is 0 Å². The van der Waals surface area contributed by atoms with Crippen LogP contribution in [0.4, 0.5) is 5.69 Å². The summed E-state index contributed by atoms with van der Waals surface area (Å²) in [6.07, 6.45) is 0. The summed E-state index contributed by atoms with van der Waals surface area (Å²) in [5.74, 6) is 1.68. The summed E-state index contributed by atoms with van der Waals surface area (Å²) in [6, 6.07) is 24.5. The van der Waals surface area contributed by atoms with E-state index in [1.54, 1.807) is 0 Å². The van der Waals surface area contributed by atoms with Gasteiger partial charge in [-0.1, -0.05) is 42.5 Å². The molecular weight excluding hydrogens is 289 g/mol. The van der Waals surface area contributed by atoms with Gasteiger partial charge in [0.2, 0.25) is 0 Å². The van der Waals surface area contributed by atoms with E-state index >= 15 is 0 Å². The predicted molar refractivity (Wildman–Crippen MR) is 97.3 cm³/mol. The first kappa shape index (κ1) is 14.6. The van der Waals surface area contributed by atoms with Crippen LogP contribution in [0.3, 0.4) is 0 Å². The molecule has 0 aliphatic carbocycles. The van der Waals surface area contributed by atoms with Gasteiger partial charge in [0, 0.05) is 18.0 Å². The lowest BCUT2D eigenvalue weighted by Gasteiger charge is -2.11. The minimum absolute atomic E-state index is 0.834. The third kappa shape index (κ3) is 3.29. The first-order chi connectivity index (χ1) is 10.8. The third-order valence-electron chi connectivity index (χ3n) is 3.49. The van der Waals surface area contributed by atoms with Crippen molar-refractivity contribution in [1.82, 2.24) is 0 Å². The lowest BCUT2D eigenvalue weighted by molar-refractivity contribution is 0.487. The molecule has 0 radical (unpaired) electrons. The van der Waals surface area contributed by atoms with Crippen LogP contribution in [-0.2, 0) is 0 Å². The molecule has 1 unspecified atom stereocenters. The smallest absolute Gasteiger partial charge is 0.134 e. The SMILES string of the molecule is CNc1ccc(Oc2ccc(-c3ccccc3)cc2)c(P)c1. The van der Waals surface area contributed by atoms with Crippen LogP contribution in [0.15, 0.2) is 72.8 Å². The lowest BCUT2D eigenvalue weighted by atomic mass is 10.1. The van der Waals surface area contributed by atoms with E-state index in [0.717, 1.165) is 22.5 Å². The first-order valence-corrected chi connectivity index (χ1v) is 7.74. The highest BCUT2D eigenvalue weighted by Crippen LogP contribution is 2.26. The summed E-state index contributed by atoms with van der Waals surface area (Å²) in [5, 5.41) is 4.14. The van der Waals surface area contributed by atoms with E-state index in [1.165, 1.54) is 11.1 Å². The summed E-state index contributed by atoms with van der Waals surface area (Å²) in [5.41, 5.74) is 3.46. The molecule has 0 aliphatic rings. The monoisotopic (exact) mass is 307 g/mol.